The first-order valence-corrected chi connectivity index (χ1v) is 7.82. The number of hydrogen-bond donors (Lipinski definition) is 0. The number of rotatable bonds is 3. The molecule has 0 atom stereocenters. The second kappa shape index (κ2) is 6.20. The molecule has 0 N–H and O–H groups in total. The molecule has 1 aromatic carbocycles. The van der Waals surface area contributed by atoms with Gasteiger partial charge in [-0.15, -0.1) is 0 Å². The van der Waals surface area contributed by atoms with E-state index in [0.717, 1.165) is 18.2 Å². The fourth-order valence-electron chi connectivity index (χ4n) is 1.83. The largest absolute Gasteiger partial charge is 0.291 e. The van der Waals surface area contributed by atoms with E-state index >= 15 is 0 Å². The highest BCUT2D eigenvalue weighted by Crippen LogP contribution is 2.25. The highest BCUT2D eigenvalue weighted by molar-refractivity contribution is 7.98. The van der Waals surface area contributed by atoms with Gasteiger partial charge in [0.1, 0.15) is 11.6 Å². The van der Waals surface area contributed by atoms with Gasteiger partial charge in [0.25, 0.3) is 5.56 Å². The lowest BCUT2D eigenvalue weighted by Crippen LogP contribution is -2.25. The quantitative estimate of drug-likeness (QED) is 0.638. The van der Waals surface area contributed by atoms with Gasteiger partial charge in [-0.25, -0.2) is 13.8 Å². The maximum absolute atomic E-state index is 13.7. The molecule has 0 spiro atoms. The third-order valence-electron chi connectivity index (χ3n) is 3.23. The smallest absolute Gasteiger partial charge is 0.254 e. The minimum Gasteiger partial charge on any atom is -0.291 e. The lowest BCUT2D eigenvalue weighted by molar-refractivity contribution is 0.542. The fourth-order valence-corrected chi connectivity index (χ4v) is 2.78. The minimum absolute atomic E-state index is 0.165. The predicted octanol–water partition coefficient (Wildman–Crippen LogP) is 3.65. The molecule has 2 rings (SSSR count). The van der Waals surface area contributed by atoms with Crippen molar-refractivity contribution in [2.45, 2.75) is 37.1 Å². The van der Waals surface area contributed by atoms with E-state index in [2.05, 4.69) is 4.98 Å². The molecule has 0 aliphatic rings. The molecule has 22 heavy (non-hydrogen) atoms. The van der Waals surface area contributed by atoms with Crippen LogP contribution in [0.5, 0.6) is 0 Å². The predicted molar refractivity (Wildman–Crippen MR) is 84.1 cm³/mol. The monoisotopic (exact) mass is 324 g/mol. The van der Waals surface area contributed by atoms with E-state index in [9.17, 15) is 13.6 Å². The summed E-state index contributed by atoms with van der Waals surface area (Å²) >= 11 is 1.21. The molecule has 118 valence electrons. The Morgan fingerprint density at radius 2 is 1.91 bits per heavy atom. The van der Waals surface area contributed by atoms with Crippen LogP contribution in [0.15, 0.2) is 34.2 Å². The standard InChI is InChI=1S/C16H18F2N2OS/c1-16(2,3)13-8-14(21)20(4)15(19-13)22-9-10-7-11(17)5-6-12(10)18/h5-8H,9H2,1-4H3. The first kappa shape index (κ1) is 16.7. The van der Waals surface area contributed by atoms with Gasteiger partial charge in [-0.1, -0.05) is 32.5 Å². The van der Waals surface area contributed by atoms with Crippen molar-refractivity contribution in [3.05, 3.63) is 57.5 Å². The van der Waals surface area contributed by atoms with Gasteiger partial charge in [0, 0.05) is 29.8 Å². The zero-order chi connectivity index (χ0) is 16.5. The Balaban J connectivity index is 2.31. The number of thioether (sulfide) groups is 1. The normalized spacial score (nSPS) is 11.7. The number of nitrogens with zero attached hydrogens (tertiary/aromatic N) is 2. The second-order valence-electron chi connectivity index (χ2n) is 6.10. The molecule has 0 saturated carbocycles. The maximum Gasteiger partial charge on any atom is 0.254 e. The van der Waals surface area contributed by atoms with Crippen LogP contribution in [0.4, 0.5) is 8.78 Å². The van der Waals surface area contributed by atoms with Crippen molar-refractivity contribution in [3.8, 4) is 0 Å². The summed E-state index contributed by atoms with van der Waals surface area (Å²) in [5.74, 6) is -0.745. The van der Waals surface area contributed by atoms with Gasteiger partial charge in [0.15, 0.2) is 5.16 Å². The highest BCUT2D eigenvalue weighted by Gasteiger charge is 2.18. The van der Waals surface area contributed by atoms with Gasteiger partial charge in [0.05, 0.1) is 5.69 Å². The summed E-state index contributed by atoms with van der Waals surface area (Å²) in [6.07, 6.45) is 0. The summed E-state index contributed by atoms with van der Waals surface area (Å²) in [7, 11) is 1.62. The zero-order valence-electron chi connectivity index (χ0n) is 13.0. The van der Waals surface area contributed by atoms with Crippen molar-refractivity contribution in [1.82, 2.24) is 9.55 Å². The maximum atomic E-state index is 13.7. The Kier molecular flexibility index (Phi) is 4.70. The lowest BCUT2D eigenvalue weighted by Gasteiger charge is -2.19. The van der Waals surface area contributed by atoms with Gasteiger partial charge in [0.2, 0.25) is 0 Å². The van der Waals surface area contributed by atoms with Gasteiger partial charge in [-0.05, 0) is 18.2 Å². The van der Waals surface area contributed by atoms with Crippen LogP contribution in [0.1, 0.15) is 32.0 Å². The van der Waals surface area contributed by atoms with E-state index in [0.29, 0.717) is 10.9 Å². The molecule has 2 aromatic rings. The molecule has 0 saturated heterocycles. The fraction of sp³-hybridized carbons (Fsp3) is 0.375. The molecule has 3 nitrogen and oxygen atoms in total. The molecule has 0 aliphatic carbocycles. The van der Waals surface area contributed by atoms with Crippen LogP contribution >= 0.6 is 11.8 Å². The van der Waals surface area contributed by atoms with E-state index in [1.165, 1.54) is 22.4 Å². The van der Waals surface area contributed by atoms with E-state index < -0.39 is 11.6 Å². The van der Waals surface area contributed by atoms with Crippen molar-refractivity contribution < 1.29 is 8.78 Å². The highest BCUT2D eigenvalue weighted by atomic mass is 32.2. The van der Waals surface area contributed by atoms with Crippen LogP contribution in [0.3, 0.4) is 0 Å². The topological polar surface area (TPSA) is 34.9 Å². The Morgan fingerprint density at radius 1 is 1.23 bits per heavy atom. The first-order valence-electron chi connectivity index (χ1n) is 6.84. The second-order valence-corrected chi connectivity index (χ2v) is 7.04. The van der Waals surface area contributed by atoms with Crippen LogP contribution in [0, 0.1) is 11.6 Å². The number of aromatic nitrogens is 2. The summed E-state index contributed by atoms with van der Waals surface area (Å²) in [5.41, 5.74) is 0.507. The first-order chi connectivity index (χ1) is 10.2. The van der Waals surface area contributed by atoms with Crippen LogP contribution in [-0.2, 0) is 18.2 Å². The van der Waals surface area contributed by atoms with Crippen molar-refractivity contribution >= 4 is 11.8 Å². The van der Waals surface area contributed by atoms with Gasteiger partial charge in [-0.2, -0.15) is 0 Å². The zero-order valence-corrected chi connectivity index (χ0v) is 13.8. The molecule has 6 heteroatoms. The molecule has 0 amide bonds. The summed E-state index contributed by atoms with van der Waals surface area (Å²) in [5, 5.41) is 0.487. The molecular weight excluding hydrogens is 306 g/mol. The average molecular weight is 324 g/mol. The third kappa shape index (κ3) is 3.74. The summed E-state index contributed by atoms with van der Waals surface area (Å²) in [6.45, 7) is 5.90. The molecule has 0 radical (unpaired) electrons. The Bertz CT molecular complexity index is 751. The molecule has 1 aromatic heterocycles. The minimum atomic E-state index is -0.484. The van der Waals surface area contributed by atoms with E-state index in [1.807, 2.05) is 20.8 Å². The van der Waals surface area contributed by atoms with Crippen molar-refractivity contribution in [3.63, 3.8) is 0 Å². The molecular formula is C16H18F2N2OS. The van der Waals surface area contributed by atoms with E-state index in [1.54, 1.807) is 7.05 Å². The Labute approximate surface area is 132 Å². The van der Waals surface area contributed by atoms with E-state index in [-0.39, 0.29) is 22.3 Å². The van der Waals surface area contributed by atoms with Crippen LogP contribution < -0.4 is 5.56 Å². The Morgan fingerprint density at radius 3 is 2.55 bits per heavy atom. The van der Waals surface area contributed by atoms with Gasteiger partial charge >= 0.3 is 0 Å². The van der Waals surface area contributed by atoms with Crippen LogP contribution in [0.2, 0.25) is 0 Å². The summed E-state index contributed by atoms with van der Waals surface area (Å²) in [4.78, 5) is 16.5. The summed E-state index contributed by atoms with van der Waals surface area (Å²) in [6, 6.07) is 4.85. The molecule has 0 aliphatic heterocycles. The molecule has 1 heterocycles. The lowest BCUT2D eigenvalue weighted by atomic mass is 9.92. The van der Waals surface area contributed by atoms with Gasteiger partial charge < -0.3 is 0 Å². The molecule has 0 fully saturated rings. The van der Waals surface area contributed by atoms with Crippen LogP contribution in [0.25, 0.3) is 0 Å². The number of benzene rings is 1. The van der Waals surface area contributed by atoms with Crippen molar-refractivity contribution in [2.75, 3.05) is 0 Å². The number of hydrogen-bond acceptors (Lipinski definition) is 3. The van der Waals surface area contributed by atoms with Crippen molar-refractivity contribution in [1.29, 1.82) is 0 Å². The SMILES string of the molecule is Cn1c(SCc2cc(F)ccc2F)nc(C(C)(C)C)cc1=O. The van der Waals surface area contributed by atoms with Crippen molar-refractivity contribution in [2.24, 2.45) is 7.05 Å². The summed E-state index contributed by atoms with van der Waals surface area (Å²) < 4.78 is 28.3. The van der Waals surface area contributed by atoms with Crippen LogP contribution in [-0.4, -0.2) is 9.55 Å². The molecule has 0 unspecified atom stereocenters. The van der Waals surface area contributed by atoms with Gasteiger partial charge in [-0.3, -0.25) is 9.36 Å². The molecule has 0 bridgehead atoms. The third-order valence-corrected chi connectivity index (χ3v) is 4.31. The Hall–Kier alpha value is -1.69. The average Bonchev–Trinajstić information content (AvgIpc) is 2.42. The number of halogens is 2. The van der Waals surface area contributed by atoms with E-state index in [4.69, 9.17) is 0 Å².